The largest absolute Gasteiger partial charge is 0.492 e. The summed E-state index contributed by atoms with van der Waals surface area (Å²) >= 11 is 8.19. The van der Waals surface area contributed by atoms with Crippen molar-refractivity contribution in [3.8, 4) is 0 Å². The number of aliphatic hydroxyl groups excluding tert-OH is 1. The van der Waals surface area contributed by atoms with E-state index in [0.29, 0.717) is 24.5 Å². The summed E-state index contributed by atoms with van der Waals surface area (Å²) in [6.07, 6.45) is 6.59. The lowest BCUT2D eigenvalue weighted by atomic mass is 9.94. The third-order valence-corrected chi connectivity index (χ3v) is 7.56. The van der Waals surface area contributed by atoms with E-state index in [0.717, 1.165) is 51.8 Å². The molecule has 3 aromatic rings. The fourth-order valence-corrected chi connectivity index (χ4v) is 5.54. The molecule has 0 spiro atoms. The zero-order valence-electron chi connectivity index (χ0n) is 18.9. The van der Waals surface area contributed by atoms with Gasteiger partial charge in [0.15, 0.2) is 0 Å². The van der Waals surface area contributed by atoms with Gasteiger partial charge in [0, 0.05) is 36.9 Å². The minimum atomic E-state index is -0.250. The first-order chi connectivity index (χ1) is 16.7. The molecule has 0 radical (unpaired) electrons. The van der Waals surface area contributed by atoms with Gasteiger partial charge in [-0.05, 0) is 28.8 Å². The quantitative estimate of drug-likeness (QED) is 0.417. The maximum atomic E-state index is 9.82. The molecule has 3 heterocycles. The van der Waals surface area contributed by atoms with Crippen molar-refractivity contribution in [1.82, 2.24) is 4.98 Å². The Labute approximate surface area is 209 Å². The van der Waals surface area contributed by atoms with Gasteiger partial charge in [-0.25, -0.2) is 4.98 Å². The number of thiazole rings is 1. The third kappa shape index (κ3) is 5.70. The number of hydrogen-bond donors (Lipinski definition) is 1. The molecule has 1 saturated heterocycles. The Morgan fingerprint density at radius 2 is 2.03 bits per heavy atom. The summed E-state index contributed by atoms with van der Waals surface area (Å²) in [5, 5.41) is 11.5. The molecule has 0 bridgehead atoms. The number of aliphatic hydroxyl groups is 1. The third-order valence-electron chi connectivity index (χ3n) is 6.18. The van der Waals surface area contributed by atoms with Crippen LogP contribution in [0.1, 0.15) is 51.9 Å². The molecule has 2 aliphatic rings. The predicted molar refractivity (Wildman–Crippen MR) is 134 cm³/mol. The van der Waals surface area contributed by atoms with Crippen LogP contribution in [0, 0.1) is 0 Å². The van der Waals surface area contributed by atoms with Crippen molar-refractivity contribution < 1.29 is 19.3 Å². The lowest BCUT2D eigenvalue weighted by molar-refractivity contribution is -0.133. The summed E-state index contributed by atoms with van der Waals surface area (Å²) < 4.78 is 18.1. The molecule has 0 amide bonds. The lowest BCUT2D eigenvalue weighted by Crippen LogP contribution is -2.35. The van der Waals surface area contributed by atoms with Crippen molar-refractivity contribution >= 4 is 28.7 Å². The Hall–Kier alpha value is -2.22. The number of ether oxygens (including phenoxy) is 3. The molecule has 34 heavy (non-hydrogen) atoms. The van der Waals surface area contributed by atoms with Crippen LogP contribution >= 0.6 is 22.9 Å². The summed E-state index contributed by atoms with van der Waals surface area (Å²) in [7, 11) is 0. The van der Waals surface area contributed by atoms with Crippen molar-refractivity contribution in [3.05, 3.63) is 92.4 Å². The molecule has 2 aliphatic heterocycles. The van der Waals surface area contributed by atoms with Gasteiger partial charge in [-0.3, -0.25) is 0 Å². The van der Waals surface area contributed by atoms with Gasteiger partial charge in [0.2, 0.25) is 0 Å². The molecule has 7 heteroatoms. The van der Waals surface area contributed by atoms with Gasteiger partial charge in [-0.15, -0.1) is 11.3 Å². The highest BCUT2D eigenvalue weighted by molar-refractivity contribution is 7.12. The first-order valence-electron chi connectivity index (χ1n) is 11.7. The Balaban J connectivity index is 1.29. The maximum Gasteiger partial charge on any atom is 0.134 e. The first-order valence-corrected chi connectivity index (χ1v) is 12.9. The van der Waals surface area contributed by atoms with E-state index < -0.39 is 0 Å². The smallest absolute Gasteiger partial charge is 0.134 e. The SMILES string of the molecule is OCC1CC(OCc2ccccc2)CC(c2ccc(Cl)c(Cc3ncc(C4=CCCO4)s3)c2)O1. The van der Waals surface area contributed by atoms with Gasteiger partial charge in [-0.2, -0.15) is 0 Å². The fraction of sp³-hybridized carbons (Fsp3) is 0.370. The van der Waals surface area contributed by atoms with Crippen molar-refractivity contribution in [2.45, 2.75) is 50.6 Å². The normalized spacial score (nSPS) is 22.4. The summed E-state index contributed by atoms with van der Waals surface area (Å²) in [5.41, 5.74) is 3.20. The zero-order valence-corrected chi connectivity index (χ0v) is 20.4. The Bertz CT molecular complexity index is 1130. The Morgan fingerprint density at radius 3 is 2.82 bits per heavy atom. The molecule has 0 aliphatic carbocycles. The molecular formula is C27H28ClNO4S. The molecule has 3 unspecified atom stereocenters. The number of rotatable bonds is 8. The number of halogens is 1. The van der Waals surface area contributed by atoms with E-state index in [4.69, 9.17) is 25.8 Å². The summed E-state index contributed by atoms with van der Waals surface area (Å²) in [4.78, 5) is 5.64. The average molecular weight is 498 g/mol. The van der Waals surface area contributed by atoms with Crippen LogP contribution in [0.3, 0.4) is 0 Å². The Kier molecular flexibility index (Phi) is 7.62. The summed E-state index contributed by atoms with van der Waals surface area (Å²) in [6.45, 7) is 1.26. The number of benzene rings is 2. The van der Waals surface area contributed by atoms with Gasteiger partial charge in [0.25, 0.3) is 0 Å². The van der Waals surface area contributed by atoms with Crippen LogP contribution in [-0.4, -0.2) is 35.5 Å². The maximum absolute atomic E-state index is 9.82. The molecule has 1 fully saturated rings. The first kappa shape index (κ1) is 23.5. The second-order valence-electron chi connectivity index (χ2n) is 8.67. The van der Waals surface area contributed by atoms with E-state index in [-0.39, 0.29) is 24.9 Å². The van der Waals surface area contributed by atoms with E-state index in [1.807, 2.05) is 36.5 Å². The van der Waals surface area contributed by atoms with Gasteiger partial charge in [0.05, 0.1) is 48.0 Å². The van der Waals surface area contributed by atoms with Crippen molar-refractivity contribution in [2.24, 2.45) is 0 Å². The monoisotopic (exact) mass is 497 g/mol. The lowest BCUT2D eigenvalue weighted by Gasteiger charge is -2.35. The van der Waals surface area contributed by atoms with Gasteiger partial charge in [-0.1, -0.05) is 54.1 Å². The highest BCUT2D eigenvalue weighted by Gasteiger charge is 2.31. The number of aromatic nitrogens is 1. The average Bonchev–Trinajstić information content (AvgIpc) is 3.57. The fourth-order valence-electron chi connectivity index (χ4n) is 4.42. The second kappa shape index (κ2) is 11.0. The van der Waals surface area contributed by atoms with Crippen LogP contribution < -0.4 is 0 Å². The van der Waals surface area contributed by atoms with E-state index in [2.05, 4.69) is 29.3 Å². The van der Waals surface area contributed by atoms with Crippen molar-refractivity contribution in [3.63, 3.8) is 0 Å². The molecule has 0 saturated carbocycles. The molecule has 3 atom stereocenters. The minimum absolute atomic E-state index is 0.0106. The van der Waals surface area contributed by atoms with E-state index >= 15 is 0 Å². The standard InChI is InChI=1S/C27H28ClNO4S/c28-23-9-8-19(11-20(23)12-27-29-15-26(34-27)24-7-4-10-31-24)25-14-21(13-22(16-30)33-25)32-17-18-5-2-1-3-6-18/h1-3,5-9,11,15,21-22,25,30H,4,10,12-14,16-17H2. The topological polar surface area (TPSA) is 60.8 Å². The van der Waals surface area contributed by atoms with Crippen LogP contribution in [0.4, 0.5) is 0 Å². The van der Waals surface area contributed by atoms with E-state index in [9.17, 15) is 5.11 Å². The molecule has 2 aromatic carbocycles. The summed E-state index contributed by atoms with van der Waals surface area (Å²) in [5.74, 6) is 0.927. The van der Waals surface area contributed by atoms with Crippen LogP contribution in [0.25, 0.3) is 5.76 Å². The number of nitrogens with zero attached hydrogens (tertiary/aromatic N) is 1. The molecule has 178 valence electrons. The number of hydrogen-bond acceptors (Lipinski definition) is 6. The molecule has 1 N–H and O–H groups in total. The van der Waals surface area contributed by atoms with Crippen LogP contribution in [-0.2, 0) is 27.2 Å². The molecule has 5 nitrogen and oxygen atoms in total. The van der Waals surface area contributed by atoms with Gasteiger partial charge < -0.3 is 19.3 Å². The predicted octanol–water partition coefficient (Wildman–Crippen LogP) is 5.95. The van der Waals surface area contributed by atoms with Gasteiger partial charge >= 0.3 is 0 Å². The summed E-state index contributed by atoms with van der Waals surface area (Å²) in [6, 6.07) is 16.2. The van der Waals surface area contributed by atoms with Crippen LogP contribution in [0.15, 0.2) is 60.8 Å². The highest BCUT2D eigenvalue weighted by Crippen LogP contribution is 2.36. The van der Waals surface area contributed by atoms with Crippen LogP contribution in [0.5, 0.6) is 0 Å². The Morgan fingerprint density at radius 1 is 1.15 bits per heavy atom. The second-order valence-corrected chi connectivity index (χ2v) is 10.2. The van der Waals surface area contributed by atoms with Crippen molar-refractivity contribution in [2.75, 3.05) is 13.2 Å². The van der Waals surface area contributed by atoms with E-state index in [1.165, 1.54) is 0 Å². The zero-order chi connectivity index (χ0) is 23.3. The van der Waals surface area contributed by atoms with Crippen LogP contribution in [0.2, 0.25) is 5.02 Å². The molecular weight excluding hydrogens is 470 g/mol. The van der Waals surface area contributed by atoms with Crippen molar-refractivity contribution in [1.29, 1.82) is 0 Å². The molecule has 5 rings (SSSR count). The molecule has 1 aromatic heterocycles. The highest BCUT2D eigenvalue weighted by atomic mass is 35.5. The minimum Gasteiger partial charge on any atom is -0.492 e. The van der Waals surface area contributed by atoms with E-state index in [1.54, 1.807) is 11.3 Å². The van der Waals surface area contributed by atoms with Gasteiger partial charge in [0.1, 0.15) is 5.76 Å².